The molecule has 0 heterocycles. The molecular weight excluding hydrogens is 327 g/mol. The summed E-state index contributed by atoms with van der Waals surface area (Å²) in [5.74, 6) is 0.403. The summed E-state index contributed by atoms with van der Waals surface area (Å²) < 4.78 is 10.0. The highest BCUT2D eigenvalue weighted by Crippen LogP contribution is 2.54. The van der Waals surface area contributed by atoms with E-state index in [1.165, 1.54) is 6.66 Å². The lowest BCUT2D eigenvalue weighted by molar-refractivity contribution is 0.135. The van der Waals surface area contributed by atoms with Gasteiger partial charge in [-0.15, -0.1) is 0 Å². The van der Waals surface area contributed by atoms with Crippen LogP contribution in [0, 0.1) is 0 Å². The van der Waals surface area contributed by atoms with Gasteiger partial charge in [0, 0.05) is 10.8 Å². The van der Waals surface area contributed by atoms with Gasteiger partial charge in [0.15, 0.2) is 5.75 Å². The largest absolute Gasteiger partial charge is 0.549 e. The maximum Gasteiger partial charge on any atom is 0.549 e. The van der Waals surface area contributed by atoms with E-state index >= 15 is 0 Å². The highest BCUT2D eigenvalue weighted by atomic mass is 31.2. The van der Waals surface area contributed by atoms with E-state index in [0.29, 0.717) is 5.75 Å². The monoisotopic (exact) mass is 341 g/mol. The predicted molar refractivity (Wildman–Crippen MR) is 94.9 cm³/mol. The molecule has 0 aliphatic heterocycles. The van der Waals surface area contributed by atoms with Crippen LogP contribution in [-0.4, -0.2) is 22.8 Å². The van der Waals surface area contributed by atoms with Crippen LogP contribution in [-0.2, 0) is 4.52 Å². The van der Waals surface area contributed by atoms with Crippen molar-refractivity contribution in [2.24, 2.45) is 0 Å². The Bertz CT molecular complexity index is 1060. The third-order valence-electron chi connectivity index (χ3n) is 4.00. The molecule has 0 saturated carbocycles. The lowest BCUT2D eigenvalue weighted by Gasteiger charge is -2.15. The normalized spacial score (nSPS) is 14.1. The standard InChI is InChI=1S/C18H13O5P/c1-24(21,23-18(19)20)22-15-10-8-13-6-5-11-3-2-4-12-7-9-14(15)17(13)16(11)12/h2-10,21H,1H3/p+1. The van der Waals surface area contributed by atoms with Gasteiger partial charge in [0.1, 0.15) is 6.66 Å². The minimum atomic E-state index is -3.51. The van der Waals surface area contributed by atoms with Gasteiger partial charge in [-0.05, 0) is 33.7 Å². The van der Waals surface area contributed by atoms with E-state index < -0.39 is 14.1 Å². The number of hydrogen-bond acceptors (Lipinski definition) is 4. The Morgan fingerprint density at radius 1 is 0.917 bits per heavy atom. The summed E-state index contributed by atoms with van der Waals surface area (Å²) in [6.45, 7) is 1.25. The smallest absolute Gasteiger partial charge is 0.447 e. The molecule has 0 bridgehead atoms. The Morgan fingerprint density at radius 2 is 1.50 bits per heavy atom. The molecule has 4 aromatic rings. The summed E-state index contributed by atoms with van der Waals surface area (Å²) in [5.41, 5.74) is 0. The third-order valence-corrected chi connectivity index (χ3v) is 5.03. The number of rotatable bonds is 3. The van der Waals surface area contributed by atoms with Crippen molar-refractivity contribution in [3.05, 3.63) is 54.6 Å². The highest BCUT2D eigenvalue weighted by molar-refractivity contribution is 7.60. The van der Waals surface area contributed by atoms with E-state index in [4.69, 9.17) is 9.63 Å². The minimum Gasteiger partial charge on any atom is -0.447 e. The van der Waals surface area contributed by atoms with E-state index in [1.54, 1.807) is 6.07 Å². The molecule has 0 spiro atoms. The lowest BCUT2D eigenvalue weighted by atomic mass is 9.94. The van der Waals surface area contributed by atoms with E-state index in [-0.39, 0.29) is 0 Å². The summed E-state index contributed by atoms with van der Waals surface area (Å²) in [5, 5.41) is 15.0. The molecule has 2 N–H and O–H groups in total. The van der Waals surface area contributed by atoms with Gasteiger partial charge in [-0.2, -0.15) is 14.2 Å². The van der Waals surface area contributed by atoms with Crippen molar-refractivity contribution in [1.29, 1.82) is 0 Å². The van der Waals surface area contributed by atoms with Crippen LogP contribution in [0.4, 0.5) is 4.79 Å². The molecule has 0 aliphatic rings. The summed E-state index contributed by atoms with van der Waals surface area (Å²) in [6.07, 6.45) is -1.56. The highest BCUT2D eigenvalue weighted by Gasteiger charge is 2.40. The molecule has 6 heteroatoms. The summed E-state index contributed by atoms with van der Waals surface area (Å²) in [6, 6.07) is 17.7. The van der Waals surface area contributed by atoms with Crippen LogP contribution in [0.5, 0.6) is 5.75 Å². The second-order valence-corrected chi connectivity index (χ2v) is 7.64. The van der Waals surface area contributed by atoms with Crippen LogP contribution in [0.2, 0.25) is 0 Å². The van der Waals surface area contributed by atoms with Crippen LogP contribution in [0.1, 0.15) is 0 Å². The minimum absolute atomic E-state index is 0.403. The first-order valence-electron chi connectivity index (χ1n) is 7.32. The maximum atomic E-state index is 10.7. The van der Waals surface area contributed by atoms with Gasteiger partial charge in [0.25, 0.3) is 0 Å². The van der Waals surface area contributed by atoms with E-state index in [0.717, 1.165) is 32.3 Å². The van der Waals surface area contributed by atoms with Crippen LogP contribution in [0.3, 0.4) is 0 Å². The maximum absolute atomic E-state index is 10.7. The van der Waals surface area contributed by atoms with E-state index in [1.807, 2.05) is 42.5 Å². The van der Waals surface area contributed by atoms with Gasteiger partial charge in [-0.25, -0.2) is 0 Å². The Labute approximate surface area is 138 Å². The van der Waals surface area contributed by atoms with Crippen LogP contribution in [0.15, 0.2) is 54.6 Å². The van der Waals surface area contributed by atoms with Crippen molar-refractivity contribution in [2.75, 3.05) is 6.66 Å². The molecule has 1 atom stereocenters. The van der Waals surface area contributed by atoms with Crippen molar-refractivity contribution in [2.45, 2.75) is 0 Å². The Hall–Kier alpha value is -2.62. The van der Waals surface area contributed by atoms with Crippen molar-refractivity contribution < 1.29 is 23.8 Å². The molecule has 24 heavy (non-hydrogen) atoms. The molecule has 4 aromatic carbocycles. The van der Waals surface area contributed by atoms with Gasteiger partial charge >= 0.3 is 14.1 Å². The summed E-state index contributed by atoms with van der Waals surface area (Å²) in [4.78, 5) is 20.8. The summed E-state index contributed by atoms with van der Waals surface area (Å²) in [7, 11) is -3.51. The van der Waals surface area contributed by atoms with Gasteiger partial charge in [0.05, 0.1) is 0 Å². The Kier molecular flexibility index (Phi) is 3.23. The molecule has 4 rings (SSSR count). The number of hydrogen-bond donors (Lipinski definition) is 2. The zero-order valence-corrected chi connectivity index (χ0v) is 13.7. The van der Waals surface area contributed by atoms with Crippen LogP contribution in [0.25, 0.3) is 32.3 Å². The van der Waals surface area contributed by atoms with Gasteiger partial charge in [-0.1, -0.05) is 42.5 Å². The van der Waals surface area contributed by atoms with Gasteiger partial charge in [-0.3, -0.25) is 4.52 Å². The van der Waals surface area contributed by atoms with Crippen molar-refractivity contribution in [1.82, 2.24) is 0 Å². The number of benzene rings is 4. The van der Waals surface area contributed by atoms with Crippen molar-refractivity contribution >= 4 is 46.4 Å². The predicted octanol–water partition coefficient (Wildman–Crippen LogP) is 5.04. The molecule has 1 unspecified atom stereocenters. The molecule has 0 fully saturated rings. The average Bonchev–Trinajstić information content (AvgIpc) is 2.52. The topological polar surface area (TPSA) is 76.0 Å². The number of carbonyl (C=O) groups is 1. The molecule has 120 valence electrons. The Balaban J connectivity index is 1.96. The molecule has 0 aromatic heterocycles. The zero-order chi connectivity index (χ0) is 16.9. The fourth-order valence-electron chi connectivity index (χ4n) is 3.13. The molecule has 5 nitrogen and oxygen atoms in total. The molecular formula is C18H14O5P+. The first-order chi connectivity index (χ1) is 11.4. The number of carboxylic acid groups (broad SMARTS) is 1. The molecule has 0 amide bonds. The van der Waals surface area contributed by atoms with Crippen LogP contribution < -0.4 is 4.52 Å². The van der Waals surface area contributed by atoms with Gasteiger partial charge < -0.3 is 5.11 Å². The second-order valence-electron chi connectivity index (χ2n) is 5.67. The zero-order valence-electron chi connectivity index (χ0n) is 12.8. The molecule has 0 aliphatic carbocycles. The van der Waals surface area contributed by atoms with Gasteiger partial charge in [0.2, 0.25) is 0 Å². The quantitative estimate of drug-likeness (QED) is 0.403. The molecule has 0 radical (unpaired) electrons. The van der Waals surface area contributed by atoms with E-state index in [9.17, 15) is 9.69 Å². The van der Waals surface area contributed by atoms with Crippen molar-refractivity contribution in [3.63, 3.8) is 0 Å². The fourth-order valence-corrected chi connectivity index (χ4v) is 3.99. The summed E-state index contributed by atoms with van der Waals surface area (Å²) >= 11 is 0. The first-order valence-corrected chi connectivity index (χ1v) is 9.35. The van der Waals surface area contributed by atoms with E-state index in [2.05, 4.69) is 10.6 Å². The lowest BCUT2D eigenvalue weighted by Crippen LogP contribution is -2.08. The fraction of sp³-hybridized carbons (Fsp3) is 0.0556. The van der Waals surface area contributed by atoms with Crippen LogP contribution >= 0.6 is 7.94 Å². The molecule has 0 saturated heterocycles. The third kappa shape index (κ3) is 2.39. The van der Waals surface area contributed by atoms with Crippen molar-refractivity contribution in [3.8, 4) is 5.75 Å². The SMILES string of the molecule is C[P+](O)(OC(=O)O)Oc1ccc2ccc3cccc4ccc1c2c34. The second kappa shape index (κ2) is 5.20. The Morgan fingerprint density at radius 3 is 2.17 bits per heavy atom. The average molecular weight is 341 g/mol. The first kappa shape index (κ1) is 14.9.